The minimum absolute atomic E-state index is 0.620. The second kappa shape index (κ2) is 18.1. The SMILES string of the molecule is c1ccc(-c2nc(-c3ccccc3)nc(-c3cccc(-c4cccc(-c5c(-c6ccccc6)c(-c6ccccc6)c(-c6ccccc6)c(-c6ccccc6)c5-c5ccccc5)c4)c3)n2)cc1. The van der Waals surface area contributed by atoms with E-state index in [4.69, 9.17) is 15.0 Å². The molecule has 3 heteroatoms. The zero-order chi connectivity index (χ0) is 44.1. The number of nitrogens with zero attached hydrogens (tertiary/aromatic N) is 3. The zero-order valence-corrected chi connectivity index (χ0v) is 36.2. The first-order valence-electron chi connectivity index (χ1n) is 22.4. The third-order valence-electron chi connectivity index (χ3n) is 12.1. The maximum atomic E-state index is 5.08. The summed E-state index contributed by atoms with van der Waals surface area (Å²) in [5, 5.41) is 0. The van der Waals surface area contributed by atoms with Crippen molar-refractivity contribution < 1.29 is 0 Å². The Morgan fingerprint density at radius 1 is 0.152 bits per heavy atom. The average Bonchev–Trinajstić information content (AvgIpc) is 3.41. The van der Waals surface area contributed by atoms with Crippen LogP contribution in [0.25, 0.3) is 112 Å². The van der Waals surface area contributed by atoms with Gasteiger partial charge >= 0.3 is 0 Å². The molecule has 1 aromatic heterocycles. The van der Waals surface area contributed by atoms with Gasteiger partial charge in [0, 0.05) is 16.7 Å². The van der Waals surface area contributed by atoms with Crippen molar-refractivity contribution in [2.45, 2.75) is 0 Å². The van der Waals surface area contributed by atoms with Gasteiger partial charge in [0.05, 0.1) is 0 Å². The molecule has 0 atom stereocenters. The van der Waals surface area contributed by atoms with Crippen LogP contribution in [-0.2, 0) is 0 Å². The van der Waals surface area contributed by atoms with E-state index in [9.17, 15) is 0 Å². The lowest BCUT2D eigenvalue weighted by atomic mass is 9.74. The molecule has 0 N–H and O–H groups in total. The molecule has 0 aliphatic heterocycles. The monoisotopic (exact) mass is 841 g/mol. The molecule has 3 nitrogen and oxygen atoms in total. The van der Waals surface area contributed by atoms with Gasteiger partial charge < -0.3 is 0 Å². The molecule has 0 saturated heterocycles. The summed E-state index contributed by atoms with van der Waals surface area (Å²) < 4.78 is 0. The number of hydrogen-bond donors (Lipinski definition) is 0. The Bertz CT molecular complexity index is 3250. The van der Waals surface area contributed by atoms with E-state index in [1.807, 2.05) is 60.7 Å². The highest BCUT2D eigenvalue weighted by molar-refractivity contribution is 6.15. The molecule has 0 spiro atoms. The molecular weight excluding hydrogens is 799 g/mol. The second-order valence-corrected chi connectivity index (χ2v) is 16.3. The smallest absolute Gasteiger partial charge is 0.164 e. The standard InChI is InChI=1S/C63H43N3/c1-8-24-44(25-9-1)55-56(45-26-10-2-11-27-45)58(47-30-14-4-15-31-47)60(59(48-32-16-5-17-33-48)57(55)46-28-12-3-13-29-46)53-40-22-38-51(42-53)52-39-23-41-54(43-52)63-65-61(49-34-18-6-19-35-49)64-62(66-63)50-36-20-7-21-37-50/h1-43H. The molecule has 0 unspecified atom stereocenters. The Balaban J connectivity index is 1.19. The fourth-order valence-electron chi connectivity index (χ4n) is 9.14. The van der Waals surface area contributed by atoms with Gasteiger partial charge in [-0.2, -0.15) is 0 Å². The van der Waals surface area contributed by atoms with Crippen molar-refractivity contribution in [1.29, 1.82) is 0 Å². The van der Waals surface area contributed by atoms with Gasteiger partial charge in [0.2, 0.25) is 0 Å². The van der Waals surface area contributed by atoms with E-state index in [2.05, 4.69) is 200 Å². The maximum Gasteiger partial charge on any atom is 0.164 e. The van der Waals surface area contributed by atoms with Crippen molar-refractivity contribution in [2.75, 3.05) is 0 Å². The molecule has 310 valence electrons. The van der Waals surface area contributed by atoms with E-state index in [0.717, 1.165) is 61.2 Å². The van der Waals surface area contributed by atoms with Gasteiger partial charge in [-0.1, -0.05) is 249 Å². The summed E-state index contributed by atoms with van der Waals surface area (Å²) in [6.07, 6.45) is 0. The van der Waals surface area contributed by atoms with E-state index >= 15 is 0 Å². The largest absolute Gasteiger partial charge is 0.208 e. The van der Waals surface area contributed by atoms with Crippen molar-refractivity contribution in [3.05, 3.63) is 261 Å². The van der Waals surface area contributed by atoms with Crippen molar-refractivity contribution in [2.24, 2.45) is 0 Å². The minimum atomic E-state index is 0.620. The van der Waals surface area contributed by atoms with E-state index in [1.54, 1.807) is 0 Å². The Labute approximate surface area is 386 Å². The lowest BCUT2D eigenvalue weighted by Crippen LogP contribution is -2.02. The van der Waals surface area contributed by atoms with E-state index in [0.29, 0.717) is 17.5 Å². The third-order valence-corrected chi connectivity index (χ3v) is 12.1. The quantitative estimate of drug-likeness (QED) is 0.138. The highest BCUT2D eigenvalue weighted by Crippen LogP contribution is 2.56. The van der Waals surface area contributed by atoms with Gasteiger partial charge in [-0.05, 0) is 90.0 Å². The Morgan fingerprint density at radius 3 is 0.652 bits per heavy atom. The van der Waals surface area contributed by atoms with Gasteiger partial charge in [-0.3, -0.25) is 0 Å². The van der Waals surface area contributed by atoms with Crippen molar-refractivity contribution in [1.82, 2.24) is 15.0 Å². The van der Waals surface area contributed by atoms with Crippen molar-refractivity contribution in [3.63, 3.8) is 0 Å². The summed E-state index contributed by atoms with van der Waals surface area (Å²) in [4.78, 5) is 15.1. The molecule has 11 aromatic rings. The van der Waals surface area contributed by atoms with Crippen LogP contribution in [0.3, 0.4) is 0 Å². The third kappa shape index (κ3) is 7.91. The summed E-state index contributed by atoms with van der Waals surface area (Å²) in [7, 11) is 0. The van der Waals surface area contributed by atoms with Gasteiger partial charge in [0.15, 0.2) is 17.5 Å². The molecule has 1 heterocycles. The Hall–Kier alpha value is -8.79. The van der Waals surface area contributed by atoms with Crippen LogP contribution in [0.5, 0.6) is 0 Å². The van der Waals surface area contributed by atoms with Gasteiger partial charge in [-0.15, -0.1) is 0 Å². The lowest BCUT2D eigenvalue weighted by Gasteiger charge is -2.29. The second-order valence-electron chi connectivity index (χ2n) is 16.3. The average molecular weight is 842 g/mol. The van der Waals surface area contributed by atoms with Gasteiger partial charge in [-0.25, -0.2) is 15.0 Å². The predicted molar refractivity (Wildman–Crippen MR) is 274 cm³/mol. The van der Waals surface area contributed by atoms with E-state index < -0.39 is 0 Å². The molecular formula is C63H43N3. The van der Waals surface area contributed by atoms with Crippen molar-refractivity contribution >= 4 is 0 Å². The fourth-order valence-corrected chi connectivity index (χ4v) is 9.14. The number of benzene rings is 10. The highest BCUT2D eigenvalue weighted by Gasteiger charge is 2.29. The molecule has 0 radical (unpaired) electrons. The van der Waals surface area contributed by atoms with Crippen LogP contribution in [0.15, 0.2) is 261 Å². The molecule has 0 aliphatic rings. The van der Waals surface area contributed by atoms with Crippen LogP contribution in [-0.4, -0.2) is 15.0 Å². The molecule has 0 saturated carbocycles. The van der Waals surface area contributed by atoms with Crippen LogP contribution < -0.4 is 0 Å². The first kappa shape index (κ1) is 40.0. The minimum Gasteiger partial charge on any atom is -0.208 e. The molecule has 0 amide bonds. The molecule has 66 heavy (non-hydrogen) atoms. The van der Waals surface area contributed by atoms with Crippen LogP contribution in [0.1, 0.15) is 0 Å². The van der Waals surface area contributed by atoms with Crippen LogP contribution in [0, 0.1) is 0 Å². The first-order valence-corrected chi connectivity index (χ1v) is 22.4. The van der Waals surface area contributed by atoms with E-state index in [-0.39, 0.29) is 0 Å². The fraction of sp³-hybridized carbons (Fsp3) is 0. The van der Waals surface area contributed by atoms with E-state index in [1.165, 1.54) is 33.4 Å². The van der Waals surface area contributed by atoms with Gasteiger partial charge in [0.1, 0.15) is 0 Å². The molecule has 10 aromatic carbocycles. The van der Waals surface area contributed by atoms with Crippen LogP contribution in [0.4, 0.5) is 0 Å². The normalized spacial score (nSPS) is 11.0. The topological polar surface area (TPSA) is 38.7 Å². The summed E-state index contributed by atoms with van der Waals surface area (Å²) in [6, 6.07) is 92.4. The predicted octanol–water partition coefficient (Wildman–Crippen LogP) is 16.5. The summed E-state index contributed by atoms with van der Waals surface area (Å²) in [5.41, 5.74) is 18.9. The van der Waals surface area contributed by atoms with Crippen LogP contribution in [0.2, 0.25) is 0 Å². The maximum absolute atomic E-state index is 5.08. The lowest BCUT2D eigenvalue weighted by molar-refractivity contribution is 1.07. The zero-order valence-electron chi connectivity index (χ0n) is 36.2. The molecule has 0 fully saturated rings. The Morgan fingerprint density at radius 2 is 0.348 bits per heavy atom. The first-order chi connectivity index (χ1) is 32.8. The number of hydrogen-bond acceptors (Lipinski definition) is 3. The summed E-state index contributed by atoms with van der Waals surface area (Å²) >= 11 is 0. The summed E-state index contributed by atoms with van der Waals surface area (Å²) in [5.74, 6) is 1.89. The molecule has 11 rings (SSSR count). The number of aromatic nitrogens is 3. The van der Waals surface area contributed by atoms with Crippen LogP contribution >= 0.6 is 0 Å². The number of rotatable bonds is 10. The molecule has 0 bridgehead atoms. The summed E-state index contributed by atoms with van der Waals surface area (Å²) in [6.45, 7) is 0. The van der Waals surface area contributed by atoms with Gasteiger partial charge in [0.25, 0.3) is 0 Å². The molecule has 0 aliphatic carbocycles. The van der Waals surface area contributed by atoms with Crippen molar-refractivity contribution in [3.8, 4) is 112 Å². The highest BCUT2D eigenvalue weighted by atomic mass is 15.0. The Kier molecular flexibility index (Phi) is 11.0.